The van der Waals surface area contributed by atoms with Crippen LogP contribution in [0.5, 0.6) is 0 Å². The lowest BCUT2D eigenvalue weighted by Gasteiger charge is -2.16. The van der Waals surface area contributed by atoms with E-state index in [1.165, 1.54) is 5.56 Å². The van der Waals surface area contributed by atoms with Crippen LogP contribution < -0.4 is 10.6 Å². The Hall–Kier alpha value is -2.10. The normalized spacial score (nSPS) is 10.7. The molecule has 2 N–H and O–H groups in total. The smallest absolute Gasteiger partial charge is 0.138 e. The second-order valence-corrected chi connectivity index (χ2v) is 5.09. The fourth-order valence-corrected chi connectivity index (χ4v) is 2.16. The van der Waals surface area contributed by atoms with Gasteiger partial charge in [0.1, 0.15) is 18.0 Å². The summed E-state index contributed by atoms with van der Waals surface area (Å²) in [5.74, 6) is 2.20. The van der Waals surface area contributed by atoms with Gasteiger partial charge in [0.15, 0.2) is 0 Å². The van der Waals surface area contributed by atoms with Gasteiger partial charge >= 0.3 is 0 Å². The molecule has 20 heavy (non-hydrogen) atoms. The number of aromatic nitrogens is 2. The van der Waals surface area contributed by atoms with Crippen molar-refractivity contribution in [3.8, 4) is 0 Å². The second kappa shape index (κ2) is 6.37. The lowest BCUT2D eigenvalue weighted by molar-refractivity contribution is 0.868. The van der Waals surface area contributed by atoms with Crippen LogP contribution in [-0.2, 0) is 0 Å². The maximum absolute atomic E-state index is 4.35. The molecule has 1 aromatic heterocycles. The SMILES string of the molecule is CCNc1ncnc(Nc2ccccc2C(C)C)c1C. The van der Waals surface area contributed by atoms with Crippen molar-refractivity contribution in [2.45, 2.75) is 33.6 Å². The number of nitrogens with one attached hydrogen (secondary N) is 2. The Morgan fingerprint density at radius 1 is 1.10 bits per heavy atom. The van der Waals surface area contributed by atoms with Gasteiger partial charge in [-0.1, -0.05) is 32.0 Å². The van der Waals surface area contributed by atoms with Gasteiger partial charge in [-0.25, -0.2) is 9.97 Å². The summed E-state index contributed by atoms with van der Waals surface area (Å²) in [7, 11) is 0. The molecule has 1 aromatic carbocycles. The van der Waals surface area contributed by atoms with Gasteiger partial charge < -0.3 is 10.6 Å². The van der Waals surface area contributed by atoms with Gasteiger partial charge in [0.25, 0.3) is 0 Å². The summed E-state index contributed by atoms with van der Waals surface area (Å²) in [4.78, 5) is 8.62. The molecule has 0 aliphatic rings. The number of nitrogens with zero attached hydrogens (tertiary/aromatic N) is 2. The predicted molar refractivity (Wildman–Crippen MR) is 84.7 cm³/mol. The molecule has 0 aliphatic heterocycles. The lowest BCUT2D eigenvalue weighted by Crippen LogP contribution is -2.06. The third-order valence-electron chi connectivity index (χ3n) is 3.26. The van der Waals surface area contributed by atoms with Crippen molar-refractivity contribution in [1.82, 2.24) is 9.97 Å². The summed E-state index contributed by atoms with van der Waals surface area (Å²) in [6.07, 6.45) is 1.59. The summed E-state index contributed by atoms with van der Waals surface area (Å²) >= 11 is 0. The van der Waals surface area contributed by atoms with Crippen molar-refractivity contribution >= 4 is 17.3 Å². The van der Waals surface area contributed by atoms with Gasteiger partial charge in [-0.2, -0.15) is 0 Å². The van der Waals surface area contributed by atoms with Crippen molar-refractivity contribution in [3.63, 3.8) is 0 Å². The van der Waals surface area contributed by atoms with E-state index in [1.54, 1.807) is 6.33 Å². The van der Waals surface area contributed by atoms with E-state index in [2.05, 4.69) is 59.6 Å². The van der Waals surface area contributed by atoms with E-state index in [4.69, 9.17) is 0 Å². The van der Waals surface area contributed by atoms with Crippen LogP contribution >= 0.6 is 0 Å². The van der Waals surface area contributed by atoms with Gasteiger partial charge in [-0.15, -0.1) is 0 Å². The van der Waals surface area contributed by atoms with Crippen LogP contribution in [0.2, 0.25) is 0 Å². The molecule has 0 unspecified atom stereocenters. The standard InChI is InChI=1S/C16H22N4/c1-5-17-15-12(4)16(19-10-18-15)20-14-9-7-6-8-13(14)11(2)3/h6-11H,5H2,1-4H3,(H2,17,18,19,20). The van der Waals surface area contributed by atoms with Crippen molar-refractivity contribution in [2.24, 2.45) is 0 Å². The highest BCUT2D eigenvalue weighted by atomic mass is 15.1. The number of rotatable bonds is 5. The zero-order valence-corrected chi connectivity index (χ0v) is 12.6. The van der Waals surface area contributed by atoms with E-state index in [0.717, 1.165) is 29.4 Å². The zero-order valence-electron chi connectivity index (χ0n) is 12.6. The van der Waals surface area contributed by atoms with E-state index < -0.39 is 0 Å². The highest BCUT2D eigenvalue weighted by molar-refractivity contribution is 5.67. The molecule has 0 aliphatic carbocycles. The van der Waals surface area contributed by atoms with Crippen molar-refractivity contribution < 1.29 is 0 Å². The maximum Gasteiger partial charge on any atom is 0.138 e. The molecule has 0 spiro atoms. The molecule has 1 heterocycles. The average molecular weight is 270 g/mol. The second-order valence-electron chi connectivity index (χ2n) is 5.09. The molecule has 4 nitrogen and oxygen atoms in total. The molecule has 0 bridgehead atoms. The Balaban J connectivity index is 2.33. The minimum Gasteiger partial charge on any atom is -0.370 e. The average Bonchev–Trinajstić information content (AvgIpc) is 2.44. The topological polar surface area (TPSA) is 49.8 Å². The molecule has 0 fully saturated rings. The molecule has 2 rings (SSSR count). The predicted octanol–water partition coefficient (Wildman–Crippen LogP) is 4.08. The Labute approximate surface area is 120 Å². The van der Waals surface area contributed by atoms with Gasteiger partial charge in [-0.05, 0) is 31.4 Å². The van der Waals surface area contributed by atoms with Gasteiger partial charge in [0, 0.05) is 17.8 Å². The first-order chi connectivity index (χ1) is 9.63. The van der Waals surface area contributed by atoms with Gasteiger partial charge in [0.2, 0.25) is 0 Å². The number of anilines is 3. The Bertz CT molecular complexity index is 578. The Kier molecular flexibility index (Phi) is 4.56. The summed E-state index contributed by atoms with van der Waals surface area (Å²) in [6.45, 7) is 9.32. The van der Waals surface area contributed by atoms with E-state index in [0.29, 0.717) is 5.92 Å². The molecule has 4 heteroatoms. The summed E-state index contributed by atoms with van der Waals surface area (Å²) in [6, 6.07) is 8.34. The van der Waals surface area contributed by atoms with Crippen molar-refractivity contribution in [3.05, 3.63) is 41.7 Å². The molecular weight excluding hydrogens is 248 g/mol. The van der Waals surface area contributed by atoms with Crippen LogP contribution in [0.1, 0.15) is 37.8 Å². The molecule has 0 saturated carbocycles. The molecular formula is C16H22N4. The number of para-hydroxylation sites is 1. The first-order valence-electron chi connectivity index (χ1n) is 7.04. The minimum atomic E-state index is 0.467. The molecule has 0 radical (unpaired) electrons. The summed E-state index contributed by atoms with van der Waals surface area (Å²) < 4.78 is 0. The highest BCUT2D eigenvalue weighted by Crippen LogP contribution is 2.28. The lowest BCUT2D eigenvalue weighted by atomic mass is 10.0. The number of hydrogen-bond donors (Lipinski definition) is 2. The number of benzene rings is 1. The summed E-state index contributed by atoms with van der Waals surface area (Å²) in [5, 5.41) is 6.68. The quantitative estimate of drug-likeness (QED) is 0.859. The van der Waals surface area contributed by atoms with E-state index in [1.807, 2.05) is 13.0 Å². The van der Waals surface area contributed by atoms with Crippen LogP contribution in [-0.4, -0.2) is 16.5 Å². The van der Waals surface area contributed by atoms with E-state index in [9.17, 15) is 0 Å². The number of hydrogen-bond acceptors (Lipinski definition) is 4. The van der Waals surface area contributed by atoms with Gasteiger partial charge in [0.05, 0.1) is 0 Å². The molecule has 0 atom stereocenters. The van der Waals surface area contributed by atoms with Crippen LogP contribution in [0.15, 0.2) is 30.6 Å². The molecule has 0 amide bonds. The minimum absolute atomic E-state index is 0.467. The molecule has 2 aromatic rings. The first kappa shape index (κ1) is 14.3. The van der Waals surface area contributed by atoms with Crippen LogP contribution in [0.3, 0.4) is 0 Å². The van der Waals surface area contributed by atoms with Crippen molar-refractivity contribution in [1.29, 1.82) is 0 Å². The largest absolute Gasteiger partial charge is 0.370 e. The van der Waals surface area contributed by atoms with E-state index >= 15 is 0 Å². The van der Waals surface area contributed by atoms with Crippen molar-refractivity contribution in [2.75, 3.05) is 17.2 Å². The Morgan fingerprint density at radius 2 is 1.80 bits per heavy atom. The summed E-state index contributed by atoms with van der Waals surface area (Å²) in [5.41, 5.74) is 3.43. The first-order valence-corrected chi connectivity index (χ1v) is 7.04. The third kappa shape index (κ3) is 3.07. The monoisotopic (exact) mass is 270 g/mol. The van der Waals surface area contributed by atoms with Crippen LogP contribution in [0, 0.1) is 6.92 Å². The Morgan fingerprint density at radius 3 is 2.50 bits per heavy atom. The van der Waals surface area contributed by atoms with E-state index in [-0.39, 0.29) is 0 Å². The highest BCUT2D eigenvalue weighted by Gasteiger charge is 2.10. The maximum atomic E-state index is 4.35. The fourth-order valence-electron chi connectivity index (χ4n) is 2.16. The molecule has 106 valence electrons. The van der Waals surface area contributed by atoms with Crippen LogP contribution in [0.4, 0.5) is 17.3 Å². The third-order valence-corrected chi connectivity index (χ3v) is 3.26. The van der Waals surface area contributed by atoms with Crippen LogP contribution in [0.25, 0.3) is 0 Å². The van der Waals surface area contributed by atoms with Gasteiger partial charge in [-0.3, -0.25) is 0 Å². The zero-order chi connectivity index (χ0) is 14.5. The fraction of sp³-hybridized carbons (Fsp3) is 0.375. The molecule has 0 saturated heterocycles.